The second kappa shape index (κ2) is 4.66. The Morgan fingerprint density at radius 2 is 2.26 bits per heavy atom. The smallest absolute Gasteiger partial charge is 0.258 e. The van der Waals surface area contributed by atoms with Crippen LogP contribution in [-0.4, -0.2) is 35.1 Å². The van der Waals surface area contributed by atoms with Gasteiger partial charge in [0.1, 0.15) is 5.65 Å². The van der Waals surface area contributed by atoms with E-state index in [0.29, 0.717) is 11.7 Å². The van der Waals surface area contributed by atoms with Crippen LogP contribution in [0.5, 0.6) is 0 Å². The number of pyridine rings is 1. The molecule has 3 heterocycles. The molecule has 1 aliphatic rings. The molecule has 0 amide bonds. The molecule has 0 aliphatic carbocycles. The van der Waals surface area contributed by atoms with E-state index in [1.807, 2.05) is 25.3 Å². The molecule has 19 heavy (non-hydrogen) atoms. The summed E-state index contributed by atoms with van der Waals surface area (Å²) < 4.78 is 1.62. The lowest BCUT2D eigenvalue weighted by Crippen LogP contribution is -2.49. The Hall–Kier alpha value is -1.88. The van der Waals surface area contributed by atoms with Crippen molar-refractivity contribution in [3.8, 4) is 0 Å². The summed E-state index contributed by atoms with van der Waals surface area (Å²) in [6.07, 6.45) is 1.89. The first kappa shape index (κ1) is 12.2. The summed E-state index contributed by atoms with van der Waals surface area (Å²) in [6, 6.07) is 5.99. The van der Waals surface area contributed by atoms with E-state index in [-0.39, 0.29) is 5.56 Å². The second-order valence-electron chi connectivity index (χ2n) is 5.15. The lowest BCUT2D eigenvalue weighted by molar-refractivity contribution is 0.484. The number of piperazine rings is 1. The van der Waals surface area contributed by atoms with Crippen LogP contribution in [0, 0.1) is 6.92 Å². The normalized spacial score (nSPS) is 19.9. The van der Waals surface area contributed by atoms with Crippen molar-refractivity contribution in [3.05, 3.63) is 40.4 Å². The number of aromatic nitrogens is 2. The summed E-state index contributed by atoms with van der Waals surface area (Å²) in [4.78, 5) is 18.7. The molecule has 100 valence electrons. The number of nitrogens with zero attached hydrogens (tertiary/aromatic N) is 3. The number of fused-ring (bicyclic) bond motifs is 1. The summed E-state index contributed by atoms with van der Waals surface area (Å²) in [5, 5.41) is 3.42. The molecular weight excluding hydrogens is 240 g/mol. The quantitative estimate of drug-likeness (QED) is 0.822. The second-order valence-corrected chi connectivity index (χ2v) is 5.15. The molecule has 0 bridgehead atoms. The van der Waals surface area contributed by atoms with Gasteiger partial charge in [0.15, 0.2) is 0 Å². The van der Waals surface area contributed by atoms with Crippen LogP contribution < -0.4 is 15.8 Å². The van der Waals surface area contributed by atoms with Crippen molar-refractivity contribution in [2.75, 3.05) is 24.5 Å². The third kappa shape index (κ3) is 2.33. The van der Waals surface area contributed by atoms with Gasteiger partial charge in [-0.05, 0) is 26.0 Å². The molecule has 0 radical (unpaired) electrons. The van der Waals surface area contributed by atoms with Gasteiger partial charge in [0.25, 0.3) is 5.56 Å². The highest BCUT2D eigenvalue weighted by molar-refractivity contribution is 5.52. The Morgan fingerprint density at radius 3 is 3.05 bits per heavy atom. The number of aryl methyl sites for hydroxylation is 1. The first-order valence-electron chi connectivity index (χ1n) is 6.62. The minimum absolute atomic E-state index is 0.0208. The minimum Gasteiger partial charge on any atom is -0.368 e. The summed E-state index contributed by atoms with van der Waals surface area (Å²) in [5.41, 5.74) is 2.52. The van der Waals surface area contributed by atoms with E-state index in [4.69, 9.17) is 0 Å². The van der Waals surface area contributed by atoms with Crippen molar-refractivity contribution >= 4 is 11.3 Å². The Balaban J connectivity index is 2.04. The first-order valence-corrected chi connectivity index (χ1v) is 6.62. The highest BCUT2D eigenvalue weighted by atomic mass is 16.1. The van der Waals surface area contributed by atoms with Gasteiger partial charge in [-0.1, -0.05) is 0 Å². The van der Waals surface area contributed by atoms with Crippen LogP contribution >= 0.6 is 0 Å². The minimum atomic E-state index is -0.0208. The van der Waals surface area contributed by atoms with E-state index in [2.05, 4.69) is 22.1 Å². The third-order valence-electron chi connectivity index (χ3n) is 3.51. The zero-order valence-electron chi connectivity index (χ0n) is 11.3. The van der Waals surface area contributed by atoms with Gasteiger partial charge in [-0.3, -0.25) is 9.20 Å². The van der Waals surface area contributed by atoms with E-state index < -0.39 is 0 Å². The number of hydrogen-bond donors (Lipinski definition) is 1. The summed E-state index contributed by atoms with van der Waals surface area (Å²) in [7, 11) is 0. The van der Waals surface area contributed by atoms with Gasteiger partial charge in [-0.15, -0.1) is 0 Å². The third-order valence-corrected chi connectivity index (χ3v) is 3.51. The molecule has 1 atom stereocenters. The van der Waals surface area contributed by atoms with Crippen LogP contribution in [0.1, 0.15) is 12.6 Å². The largest absolute Gasteiger partial charge is 0.368 e. The molecule has 1 N–H and O–H groups in total. The first-order chi connectivity index (χ1) is 9.13. The van der Waals surface area contributed by atoms with Gasteiger partial charge in [-0.2, -0.15) is 0 Å². The average Bonchev–Trinajstić information content (AvgIpc) is 2.38. The summed E-state index contributed by atoms with van der Waals surface area (Å²) in [6.45, 7) is 6.90. The fraction of sp³-hybridized carbons (Fsp3) is 0.429. The Morgan fingerprint density at radius 1 is 1.42 bits per heavy atom. The molecule has 3 rings (SSSR count). The molecular formula is C14H18N4O. The van der Waals surface area contributed by atoms with E-state index >= 15 is 0 Å². The van der Waals surface area contributed by atoms with Gasteiger partial charge in [0.2, 0.25) is 0 Å². The van der Waals surface area contributed by atoms with Crippen molar-refractivity contribution in [1.82, 2.24) is 14.7 Å². The number of hydrogen-bond acceptors (Lipinski definition) is 4. The molecule has 0 saturated carbocycles. The fourth-order valence-corrected chi connectivity index (χ4v) is 2.56. The van der Waals surface area contributed by atoms with E-state index in [1.165, 1.54) is 0 Å². The van der Waals surface area contributed by atoms with Crippen molar-refractivity contribution in [3.63, 3.8) is 0 Å². The topological polar surface area (TPSA) is 49.6 Å². The zero-order chi connectivity index (χ0) is 13.4. The summed E-state index contributed by atoms with van der Waals surface area (Å²) in [5.74, 6) is 0. The number of rotatable bonds is 1. The molecule has 2 aromatic rings. The maximum atomic E-state index is 12.0. The molecule has 5 heteroatoms. The zero-order valence-corrected chi connectivity index (χ0v) is 11.3. The van der Waals surface area contributed by atoms with Crippen LogP contribution in [0.2, 0.25) is 0 Å². The lowest BCUT2D eigenvalue weighted by Gasteiger charge is -2.33. The van der Waals surface area contributed by atoms with Gasteiger partial charge in [0.05, 0.1) is 5.69 Å². The molecule has 1 aliphatic heterocycles. The predicted octanol–water partition coefficient (Wildman–Crippen LogP) is 0.801. The van der Waals surface area contributed by atoms with E-state index in [1.54, 1.807) is 10.5 Å². The summed E-state index contributed by atoms with van der Waals surface area (Å²) >= 11 is 0. The molecule has 1 fully saturated rings. The number of nitrogens with one attached hydrogen (secondary N) is 1. The lowest BCUT2D eigenvalue weighted by atomic mass is 10.2. The van der Waals surface area contributed by atoms with Crippen LogP contribution in [0.4, 0.5) is 5.69 Å². The van der Waals surface area contributed by atoms with Gasteiger partial charge < -0.3 is 10.2 Å². The van der Waals surface area contributed by atoms with Crippen LogP contribution in [0.25, 0.3) is 5.65 Å². The SMILES string of the molecule is Cc1cc(=O)n2cc(N3CCN[C@H](C)C3)ccc2n1. The molecule has 1 saturated heterocycles. The van der Waals surface area contributed by atoms with Crippen molar-refractivity contribution in [2.45, 2.75) is 19.9 Å². The van der Waals surface area contributed by atoms with Crippen LogP contribution in [0.15, 0.2) is 29.2 Å². The standard InChI is InChI=1S/C14H18N4O/c1-10-7-14(19)18-9-12(3-4-13(18)16-10)17-6-5-15-11(2)8-17/h3-4,7,9,11,15H,5-6,8H2,1-2H3/t11-/m1/s1. The maximum Gasteiger partial charge on any atom is 0.258 e. The predicted molar refractivity (Wildman–Crippen MR) is 75.9 cm³/mol. The maximum absolute atomic E-state index is 12.0. The monoisotopic (exact) mass is 258 g/mol. The fourth-order valence-electron chi connectivity index (χ4n) is 2.56. The van der Waals surface area contributed by atoms with E-state index in [9.17, 15) is 4.79 Å². The molecule has 0 spiro atoms. The Kier molecular flexibility index (Phi) is 2.98. The van der Waals surface area contributed by atoms with Crippen molar-refractivity contribution in [1.29, 1.82) is 0 Å². The van der Waals surface area contributed by atoms with Crippen molar-refractivity contribution < 1.29 is 0 Å². The highest BCUT2D eigenvalue weighted by Crippen LogP contribution is 2.16. The molecule has 0 unspecified atom stereocenters. The molecule has 2 aromatic heterocycles. The van der Waals surface area contributed by atoms with Crippen LogP contribution in [-0.2, 0) is 0 Å². The van der Waals surface area contributed by atoms with E-state index in [0.717, 1.165) is 31.0 Å². The van der Waals surface area contributed by atoms with Gasteiger partial charge in [0, 0.05) is 43.6 Å². The highest BCUT2D eigenvalue weighted by Gasteiger charge is 2.16. The van der Waals surface area contributed by atoms with Crippen LogP contribution in [0.3, 0.4) is 0 Å². The van der Waals surface area contributed by atoms with Gasteiger partial charge >= 0.3 is 0 Å². The number of anilines is 1. The van der Waals surface area contributed by atoms with Crippen molar-refractivity contribution in [2.24, 2.45) is 0 Å². The molecule has 5 nitrogen and oxygen atoms in total. The van der Waals surface area contributed by atoms with Gasteiger partial charge in [-0.25, -0.2) is 4.98 Å². The molecule has 0 aromatic carbocycles. The average molecular weight is 258 g/mol. The Labute approximate surface area is 111 Å². The Bertz CT molecular complexity index is 664.